The fourth-order valence-electron chi connectivity index (χ4n) is 1.26. The number of nitrogens with one attached hydrogen (secondary N) is 2. The van der Waals surface area contributed by atoms with E-state index < -0.39 is 10.0 Å². The van der Waals surface area contributed by atoms with Gasteiger partial charge in [0.05, 0.1) is 8.68 Å². The van der Waals surface area contributed by atoms with Gasteiger partial charge in [-0.1, -0.05) is 0 Å². The summed E-state index contributed by atoms with van der Waals surface area (Å²) >= 11 is 4.77. The predicted octanol–water partition coefficient (Wildman–Crippen LogP) is 1.68. The van der Waals surface area contributed by atoms with Crippen LogP contribution in [-0.2, 0) is 16.6 Å². The molecular formula is C10H9BrN2O3S2. The zero-order valence-electron chi connectivity index (χ0n) is 9.01. The van der Waals surface area contributed by atoms with Crippen molar-refractivity contribution in [2.45, 2.75) is 11.4 Å². The van der Waals surface area contributed by atoms with Gasteiger partial charge in [-0.05, 0) is 34.1 Å². The highest BCUT2D eigenvalue weighted by Crippen LogP contribution is 2.22. The van der Waals surface area contributed by atoms with E-state index in [0.29, 0.717) is 0 Å². The standard InChI is InChI=1S/C10H9BrN2O3S2/c11-9-3-1-7(17-9)5-13-18(15,16)8-2-4-10(14)12-6-8/h1-4,6,13H,5H2,(H,12,14). The number of pyridine rings is 1. The largest absolute Gasteiger partial charge is 0.328 e. The Kier molecular flexibility index (Phi) is 4.00. The Hall–Kier alpha value is -0.960. The Bertz CT molecular complexity index is 685. The van der Waals surface area contributed by atoms with Crippen LogP contribution in [0.4, 0.5) is 0 Å². The minimum atomic E-state index is -3.59. The van der Waals surface area contributed by atoms with Crippen molar-refractivity contribution in [3.05, 3.63) is 49.5 Å². The van der Waals surface area contributed by atoms with Gasteiger partial charge in [0.2, 0.25) is 15.6 Å². The maximum absolute atomic E-state index is 11.9. The van der Waals surface area contributed by atoms with Crippen LogP contribution in [0, 0.1) is 0 Å². The third-order valence-electron chi connectivity index (χ3n) is 2.13. The normalized spacial score (nSPS) is 11.6. The van der Waals surface area contributed by atoms with Crippen LogP contribution in [0.15, 0.2) is 43.9 Å². The van der Waals surface area contributed by atoms with E-state index in [-0.39, 0.29) is 17.0 Å². The lowest BCUT2D eigenvalue weighted by atomic mass is 10.5. The zero-order chi connectivity index (χ0) is 13.2. The smallest absolute Gasteiger partial charge is 0.247 e. The molecule has 0 fully saturated rings. The number of rotatable bonds is 4. The summed E-state index contributed by atoms with van der Waals surface area (Å²) in [5.74, 6) is 0. The second-order valence-electron chi connectivity index (χ2n) is 3.42. The van der Waals surface area contributed by atoms with E-state index in [9.17, 15) is 13.2 Å². The topological polar surface area (TPSA) is 79.0 Å². The summed E-state index contributed by atoms with van der Waals surface area (Å²) < 4.78 is 27.2. The van der Waals surface area contributed by atoms with Crippen LogP contribution >= 0.6 is 27.3 Å². The highest BCUT2D eigenvalue weighted by atomic mass is 79.9. The molecular weight excluding hydrogens is 340 g/mol. The Morgan fingerprint density at radius 2 is 2.06 bits per heavy atom. The van der Waals surface area contributed by atoms with Gasteiger partial charge >= 0.3 is 0 Å². The van der Waals surface area contributed by atoms with Crippen molar-refractivity contribution >= 4 is 37.3 Å². The van der Waals surface area contributed by atoms with Crippen LogP contribution in [0.2, 0.25) is 0 Å². The summed E-state index contributed by atoms with van der Waals surface area (Å²) in [6, 6.07) is 6.14. The molecule has 0 saturated heterocycles. The lowest BCUT2D eigenvalue weighted by Crippen LogP contribution is -2.23. The average molecular weight is 349 g/mol. The molecule has 0 aromatic carbocycles. The minimum absolute atomic E-state index is 0.0396. The first-order valence-corrected chi connectivity index (χ1v) is 7.99. The number of aromatic amines is 1. The molecule has 0 saturated carbocycles. The highest BCUT2D eigenvalue weighted by Gasteiger charge is 2.13. The van der Waals surface area contributed by atoms with E-state index in [4.69, 9.17) is 0 Å². The second kappa shape index (κ2) is 5.35. The lowest BCUT2D eigenvalue weighted by Gasteiger charge is -2.04. The Morgan fingerprint density at radius 3 is 2.61 bits per heavy atom. The Balaban J connectivity index is 2.12. The van der Waals surface area contributed by atoms with Crippen molar-refractivity contribution in [3.63, 3.8) is 0 Å². The summed E-state index contributed by atoms with van der Waals surface area (Å²) in [6.45, 7) is 0.220. The van der Waals surface area contributed by atoms with Crippen molar-refractivity contribution in [1.29, 1.82) is 0 Å². The van der Waals surface area contributed by atoms with Crippen molar-refractivity contribution in [2.24, 2.45) is 0 Å². The molecule has 2 N–H and O–H groups in total. The predicted molar refractivity (Wildman–Crippen MR) is 73.1 cm³/mol. The molecule has 0 unspecified atom stereocenters. The Labute approximate surface area is 116 Å². The van der Waals surface area contributed by atoms with E-state index in [1.165, 1.54) is 29.7 Å². The van der Waals surface area contributed by atoms with E-state index in [0.717, 1.165) is 8.66 Å². The maximum atomic E-state index is 11.9. The lowest BCUT2D eigenvalue weighted by molar-refractivity contribution is 0.581. The first kappa shape index (κ1) is 13.5. The molecule has 0 aliphatic heterocycles. The summed E-state index contributed by atoms with van der Waals surface area (Å²) in [5, 5.41) is 0. The number of aromatic nitrogens is 1. The molecule has 2 heterocycles. The van der Waals surface area contributed by atoms with Crippen molar-refractivity contribution in [2.75, 3.05) is 0 Å². The number of hydrogen-bond donors (Lipinski definition) is 2. The summed E-state index contributed by atoms with van der Waals surface area (Å²) in [4.78, 5) is 14.1. The van der Waals surface area contributed by atoms with Crippen molar-refractivity contribution < 1.29 is 8.42 Å². The fourth-order valence-corrected chi connectivity index (χ4v) is 3.75. The first-order chi connectivity index (χ1) is 8.47. The second-order valence-corrected chi connectivity index (χ2v) is 7.73. The van der Waals surface area contributed by atoms with Crippen LogP contribution in [-0.4, -0.2) is 13.4 Å². The molecule has 0 radical (unpaired) electrons. The molecule has 0 aliphatic carbocycles. The number of H-pyrrole nitrogens is 1. The van der Waals surface area contributed by atoms with Crippen LogP contribution in [0.3, 0.4) is 0 Å². The number of halogens is 1. The molecule has 5 nitrogen and oxygen atoms in total. The number of sulfonamides is 1. The highest BCUT2D eigenvalue weighted by molar-refractivity contribution is 9.11. The third kappa shape index (κ3) is 3.29. The van der Waals surface area contributed by atoms with Gasteiger partial charge < -0.3 is 4.98 Å². The molecule has 2 aromatic heterocycles. The molecule has 0 atom stereocenters. The van der Waals surface area contributed by atoms with E-state index in [2.05, 4.69) is 25.6 Å². The molecule has 0 aliphatic rings. The van der Waals surface area contributed by atoms with Gasteiger partial charge in [-0.15, -0.1) is 11.3 Å². The van der Waals surface area contributed by atoms with Crippen molar-refractivity contribution in [3.8, 4) is 0 Å². The quantitative estimate of drug-likeness (QED) is 0.882. The van der Waals surface area contributed by atoms with Gasteiger partial charge in [-0.25, -0.2) is 13.1 Å². The molecule has 0 bridgehead atoms. The van der Waals surface area contributed by atoms with E-state index in [1.807, 2.05) is 12.1 Å². The average Bonchev–Trinajstić information content (AvgIpc) is 2.73. The molecule has 0 spiro atoms. The van der Waals surface area contributed by atoms with E-state index >= 15 is 0 Å². The van der Waals surface area contributed by atoms with Crippen molar-refractivity contribution in [1.82, 2.24) is 9.71 Å². The summed E-state index contributed by atoms with van der Waals surface area (Å²) in [7, 11) is -3.59. The van der Waals surface area contributed by atoms with Crippen LogP contribution < -0.4 is 10.3 Å². The number of hydrogen-bond acceptors (Lipinski definition) is 4. The Morgan fingerprint density at radius 1 is 1.28 bits per heavy atom. The molecule has 2 rings (SSSR count). The van der Waals surface area contributed by atoms with Crippen LogP contribution in [0.5, 0.6) is 0 Å². The van der Waals surface area contributed by atoms with Gasteiger partial charge in [0, 0.05) is 23.7 Å². The molecule has 18 heavy (non-hydrogen) atoms. The molecule has 0 amide bonds. The SMILES string of the molecule is O=c1ccc(S(=O)(=O)NCc2ccc(Br)s2)c[nH]1. The van der Waals surface area contributed by atoms with Crippen LogP contribution in [0.25, 0.3) is 0 Å². The third-order valence-corrected chi connectivity index (χ3v) is 5.15. The zero-order valence-corrected chi connectivity index (χ0v) is 12.2. The number of thiophene rings is 1. The summed E-state index contributed by atoms with van der Waals surface area (Å²) in [5.41, 5.74) is -0.337. The minimum Gasteiger partial charge on any atom is -0.328 e. The van der Waals surface area contributed by atoms with Crippen LogP contribution in [0.1, 0.15) is 4.88 Å². The molecule has 2 aromatic rings. The van der Waals surface area contributed by atoms with Gasteiger partial charge in [0.1, 0.15) is 0 Å². The van der Waals surface area contributed by atoms with Gasteiger partial charge in [-0.3, -0.25) is 4.79 Å². The monoisotopic (exact) mass is 348 g/mol. The first-order valence-electron chi connectivity index (χ1n) is 4.90. The maximum Gasteiger partial charge on any atom is 0.247 e. The van der Waals surface area contributed by atoms with Gasteiger partial charge in [-0.2, -0.15) is 0 Å². The van der Waals surface area contributed by atoms with E-state index in [1.54, 1.807) is 0 Å². The summed E-state index contributed by atoms with van der Waals surface area (Å²) in [6.07, 6.45) is 1.18. The molecule has 96 valence electrons. The van der Waals surface area contributed by atoms with Gasteiger partial charge in [0.15, 0.2) is 0 Å². The molecule has 8 heteroatoms. The fraction of sp³-hybridized carbons (Fsp3) is 0.100. The van der Waals surface area contributed by atoms with Gasteiger partial charge in [0.25, 0.3) is 0 Å².